The van der Waals surface area contributed by atoms with Gasteiger partial charge in [0.2, 0.25) is 0 Å². The summed E-state index contributed by atoms with van der Waals surface area (Å²) in [7, 11) is 1.55. The first kappa shape index (κ1) is 21.5. The second-order valence-electron chi connectivity index (χ2n) is 6.85. The van der Waals surface area contributed by atoms with Gasteiger partial charge in [-0.15, -0.1) is 0 Å². The van der Waals surface area contributed by atoms with Crippen LogP contribution in [0.4, 0.5) is 0 Å². The average Bonchev–Trinajstić information content (AvgIpc) is 3.07. The molecule has 7 nitrogen and oxygen atoms in total. The molecule has 0 saturated carbocycles. The van der Waals surface area contributed by atoms with Crippen molar-refractivity contribution >= 4 is 11.9 Å². The largest absolute Gasteiger partial charge is 0.496 e. The van der Waals surface area contributed by atoms with Crippen LogP contribution in [0, 0.1) is 12.8 Å². The highest BCUT2D eigenvalue weighted by Gasteiger charge is 2.22. The number of nitrogens with zero attached hydrogens (tertiary/aromatic N) is 2. The van der Waals surface area contributed by atoms with E-state index >= 15 is 0 Å². The van der Waals surface area contributed by atoms with Gasteiger partial charge in [-0.1, -0.05) is 32.0 Å². The van der Waals surface area contributed by atoms with Crippen molar-refractivity contribution in [1.82, 2.24) is 15.1 Å². The molecule has 0 radical (unpaired) electrons. The van der Waals surface area contributed by atoms with Crippen molar-refractivity contribution in [3.8, 4) is 5.75 Å². The Morgan fingerprint density at radius 1 is 1.25 bits per heavy atom. The third-order valence-electron chi connectivity index (χ3n) is 4.96. The highest BCUT2D eigenvalue weighted by Crippen LogP contribution is 2.21. The molecular formula is C21H29N3O4. The molecule has 2 rings (SSSR count). The third-order valence-corrected chi connectivity index (χ3v) is 4.96. The summed E-state index contributed by atoms with van der Waals surface area (Å²) >= 11 is 0. The minimum Gasteiger partial charge on any atom is -0.496 e. The highest BCUT2D eigenvalue weighted by molar-refractivity contribution is 5.92. The quantitative estimate of drug-likeness (QED) is 0.653. The number of nitrogens with one attached hydrogen (secondary N) is 1. The van der Waals surface area contributed by atoms with Gasteiger partial charge in [0, 0.05) is 12.2 Å². The predicted molar refractivity (Wildman–Crippen MR) is 107 cm³/mol. The maximum Gasteiger partial charge on any atom is 0.308 e. The van der Waals surface area contributed by atoms with Gasteiger partial charge in [-0.2, -0.15) is 5.10 Å². The average molecular weight is 387 g/mol. The molecular weight excluding hydrogens is 358 g/mol. The van der Waals surface area contributed by atoms with E-state index in [2.05, 4.69) is 24.3 Å². The SMILES string of the molecule is CCC(CC)n1nc(C(=O)NCC(Cc2ccccc2OC)C(=O)O)cc1C. The lowest BCUT2D eigenvalue weighted by molar-refractivity contribution is -0.141. The van der Waals surface area contributed by atoms with Crippen molar-refractivity contribution in [2.75, 3.05) is 13.7 Å². The maximum atomic E-state index is 12.5. The first-order chi connectivity index (χ1) is 13.4. The third kappa shape index (κ3) is 5.12. The van der Waals surface area contributed by atoms with Crippen LogP contribution in [0.5, 0.6) is 5.75 Å². The number of aliphatic carboxylic acids is 1. The Morgan fingerprint density at radius 2 is 1.93 bits per heavy atom. The molecule has 1 unspecified atom stereocenters. The molecule has 1 atom stereocenters. The molecule has 152 valence electrons. The number of carboxylic acids is 1. The van der Waals surface area contributed by atoms with Crippen molar-refractivity contribution in [1.29, 1.82) is 0 Å². The number of carbonyl (C=O) groups is 2. The number of rotatable bonds is 10. The minimum absolute atomic E-state index is 0.0170. The Labute approximate surface area is 165 Å². The number of ether oxygens (including phenoxy) is 1. The lowest BCUT2D eigenvalue weighted by Crippen LogP contribution is -2.34. The van der Waals surface area contributed by atoms with Gasteiger partial charge in [0.05, 0.1) is 19.1 Å². The second kappa shape index (κ2) is 9.92. The van der Waals surface area contributed by atoms with Gasteiger partial charge in [-0.3, -0.25) is 14.3 Å². The number of benzene rings is 1. The Morgan fingerprint density at radius 3 is 2.54 bits per heavy atom. The first-order valence-electron chi connectivity index (χ1n) is 9.60. The fourth-order valence-corrected chi connectivity index (χ4v) is 3.29. The smallest absolute Gasteiger partial charge is 0.308 e. The van der Waals surface area contributed by atoms with Crippen LogP contribution in [0.3, 0.4) is 0 Å². The van der Waals surface area contributed by atoms with Gasteiger partial charge in [-0.25, -0.2) is 0 Å². The predicted octanol–water partition coefficient (Wildman–Crippen LogP) is 3.23. The fourth-order valence-electron chi connectivity index (χ4n) is 3.29. The van der Waals surface area contributed by atoms with Gasteiger partial charge in [-0.05, 0) is 43.9 Å². The fraction of sp³-hybridized carbons (Fsp3) is 0.476. The van der Waals surface area contributed by atoms with Gasteiger partial charge in [0.25, 0.3) is 5.91 Å². The van der Waals surface area contributed by atoms with Crippen LogP contribution in [0.15, 0.2) is 30.3 Å². The summed E-state index contributed by atoms with van der Waals surface area (Å²) in [5.74, 6) is -1.45. The van der Waals surface area contributed by atoms with Crippen molar-refractivity contribution in [3.63, 3.8) is 0 Å². The Hall–Kier alpha value is -2.83. The molecule has 0 aliphatic carbocycles. The molecule has 0 saturated heterocycles. The van der Waals surface area contributed by atoms with Crippen LogP contribution in [0.2, 0.25) is 0 Å². The normalized spacial score (nSPS) is 12.0. The monoisotopic (exact) mass is 387 g/mol. The molecule has 0 spiro atoms. The van der Waals surface area contributed by atoms with Crippen molar-refractivity contribution < 1.29 is 19.4 Å². The lowest BCUT2D eigenvalue weighted by Gasteiger charge is -2.15. The second-order valence-corrected chi connectivity index (χ2v) is 6.85. The van der Waals surface area contributed by atoms with E-state index in [0.717, 1.165) is 24.1 Å². The summed E-state index contributed by atoms with van der Waals surface area (Å²) in [4.78, 5) is 24.2. The van der Waals surface area contributed by atoms with Gasteiger partial charge in [0.1, 0.15) is 11.4 Å². The number of para-hydroxylation sites is 1. The number of carboxylic acid groups (broad SMARTS) is 1. The number of carbonyl (C=O) groups excluding carboxylic acids is 1. The topological polar surface area (TPSA) is 93.5 Å². The summed E-state index contributed by atoms with van der Waals surface area (Å²) in [5, 5.41) is 16.7. The van der Waals surface area contributed by atoms with Crippen molar-refractivity contribution in [3.05, 3.63) is 47.3 Å². The van der Waals surface area contributed by atoms with E-state index in [1.807, 2.05) is 29.8 Å². The van der Waals surface area contributed by atoms with Crippen LogP contribution in [0.25, 0.3) is 0 Å². The zero-order valence-electron chi connectivity index (χ0n) is 16.9. The van der Waals surface area contributed by atoms with Crippen molar-refractivity contribution in [2.24, 2.45) is 5.92 Å². The molecule has 0 fully saturated rings. The highest BCUT2D eigenvalue weighted by atomic mass is 16.5. The molecule has 1 heterocycles. The number of amides is 1. The summed E-state index contributed by atoms with van der Waals surface area (Å²) in [5.41, 5.74) is 2.02. The number of hydrogen-bond donors (Lipinski definition) is 2. The van der Waals surface area contributed by atoms with E-state index in [0.29, 0.717) is 11.4 Å². The molecule has 0 aliphatic heterocycles. The van der Waals surface area contributed by atoms with E-state index in [9.17, 15) is 14.7 Å². The number of aryl methyl sites for hydroxylation is 1. The molecule has 2 N–H and O–H groups in total. The van der Waals surface area contributed by atoms with Crippen LogP contribution in [0.1, 0.15) is 54.5 Å². The summed E-state index contributed by atoms with van der Waals surface area (Å²) in [6, 6.07) is 9.28. The van der Waals surface area contributed by atoms with Crippen LogP contribution in [-0.4, -0.2) is 40.4 Å². The van der Waals surface area contributed by atoms with E-state index in [4.69, 9.17) is 4.74 Å². The van der Waals surface area contributed by atoms with E-state index in [-0.39, 0.29) is 24.9 Å². The van der Waals surface area contributed by atoms with Gasteiger partial charge < -0.3 is 15.2 Å². The molecule has 0 bridgehead atoms. The molecule has 1 aromatic heterocycles. The number of methoxy groups -OCH3 is 1. The molecule has 28 heavy (non-hydrogen) atoms. The van der Waals surface area contributed by atoms with E-state index in [1.54, 1.807) is 19.2 Å². The van der Waals surface area contributed by atoms with Gasteiger partial charge >= 0.3 is 5.97 Å². The number of hydrogen-bond acceptors (Lipinski definition) is 4. The van der Waals surface area contributed by atoms with E-state index in [1.165, 1.54) is 0 Å². The standard InChI is InChI=1S/C21H29N3O4/c1-5-17(6-2)24-14(3)11-18(23-24)20(25)22-13-16(21(26)27)12-15-9-7-8-10-19(15)28-4/h7-11,16-17H,5-6,12-13H2,1-4H3,(H,22,25)(H,26,27). The zero-order valence-corrected chi connectivity index (χ0v) is 16.9. The van der Waals surface area contributed by atoms with Crippen LogP contribution in [-0.2, 0) is 11.2 Å². The van der Waals surface area contributed by atoms with E-state index < -0.39 is 11.9 Å². The van der Waals surface area contributed by atoms with Crippen LogP contribution < -0.4 is 10.1 Å². The molecule has 2 aromatic rings. The molecule has 0 aliphatic rings. The Balaban J connectivity index is 2.06. The summed E-state index contributed by atoms with van der Waals surface area (Å²) in [6.07, 6.45) is 2.13. The first-order valence-corrected chi connectivity index (χ1v) is 9.60. The van der Waals surface area contributed by atoms with Gasteiger partial charge in [0.15, 0.2) is 0 Å². The summed E-state index contributed by atoms with van der Waals surface area (Å²) < 4.78 is 7.16. The Kier molecular flexibility index (Phi) is 7.61. The lowest BCUT2D eigenvalue weighted by atomic mass is 9.98. The van der Waals surface area contributed by atoms with Crippen LogP contribution >= 0.6 is 0 Å². The molecule has 7 heteroatoms. The van der Waals surface area contributed by atoms with Crippen molar-refractivity contribution in [2.45, 2.75) is 46.1 Å². The minimum atomic E-state index is -0.968. The maximum absolute atomic E-state index is 12.5. The number of aromatic nitrogens is 2. The molecule has 1 aromatic carbocycles. The zero-order chi connectivity index (χ0) is 20.7. The Bertz CT molecular complexity index is 812. The molecule has 1 amide bonds. The summed E-state index contributed by atoms with van der Waals surface area (Å²) in [6.45, 7) is 6.11.